The topological polar surface area (TPSA) is 56.0 Å². The predicted molar refractivity (Wildman–Crippen MR) is 119 cm³/mol. The van der Waals surface area contributed by atoms with E-state index < -0.39 is 0 Å². The lowest BCUT2D eigenvalue weighted by molar-refractivity contribution is -0.384. The van der Waals surface area contributed by atoms with Crippen molar-refractivity contribution in [2.45, 2.75) is 0 Å². The molecule has 0 aliphatic carbocycles. The number of benzene rings is 4. The third-order valence-electron chi connectivity index (χ3n) is 5.13. The molecule has 4 aromatic carbocycles. The van der Waals surface area contributed by atoms with Crippen LogP contribution in [0.5, 0.6) is 0 Å². The van der Waals surface area contributed by atoms with Gasteiger partial charge in [-0.2, -0.15) is 0 Å². The van der Waals surface area contributed by atoms with Crippen LogP contribution in [0.4, 0.5) is 5.69 Å². The highest BCUT2D eigenvalue weighted by Crippen LogP contribution is 2.33. The number of nitro benzene ring substituents is 1. The Morgan fingerprint density at radius 3 is 2.41 bits per heavy atom. The van der Waals surface area contributed by atoms with Gasteiger partial charge in [0.1, 0.15) is 0 Å². The summed E-state index contributed by atoms with van der Waals surface area (Å²) in [5.41, 5.74) is 3.79. The number of pyridine rings is 1. The summed E-state index contributed by atoms with van der Waals surface area (Å²) in [5.74, 6) is 0. The van der Waals surface area contributed by atoms with Crippen molar-refractivity contribution in [3.63, 3.8) is 0 Å². The second-order valence-corrected chi connectivity index (χ2v) is 6.91. The zero-order valence-electron chi connectivity index (χ0n) is 15.4. The van der Waals surface area contributed by atoms with Crippen molar-refractivity contribution >= 4 is 50.4 Å². The molecule has 0 saturated heterocycles. The maximum absolute atomic E-state index is 11.1. The molecule has 0 bridgehead atoms. The molecular weight excluding hydrogens is 360 g/mol. The number of fused-ring (bicyclic) bond motifs is 4. The van der Waals surface area contributed by atoms with Gasteiger partial charge in [-0.05, 0) is 34.0 Å². The monoisotopic (exact) mass is 376 g/mol. The number of aromatic nitrogens is 1. The van der Waals surface area contributed by atoms with Gasteiger partial charge in [0, 0.05) is 22.9 Å². The summed E-state index contributed by atoms with van der Waals surface area (Å²) in [6.07, 6.45) is 3.97. The fraction of sp³-hybridized carbons (Fsp3) is 0. The van der Waals surface area contributed by atoms with Gasteiger partial charge in [-0.25, -0.2) is 4.98 Å². The molecule has 0 aliphatic heterocycles. The Balaban J connectivity index is 1.81. The Labute approximate surface area is 166 Å². The minimum absolute atomic E-state index is 0.0852. The molecule has 0 N–H and O–H groups in total. The van der Waals surface area contributed by atoms with Crippen LogP contribution >= 0.6 is 0 Å². The zero-order valence-corrected chi connectivity index (χ0v) is 15.4. The van der Waals surface area contributed by atoms with Crippen LogP contribution in [-0.2, 0) is 0 Å². The van der Waals surface area contributed by atoms with Crippen molar-refractivity contribution in [2.75, 3.05) is 0 Å². The lowest BCUT2D eigenvalue weighted by Gasteiger charge is -2.10. The van der Waals surface area contributed by atoms with E-state index >= 15 is 0 Å². The summed E-state index contributed by atoms with van der Waals surface area (Å²) in [6.45, 7) is 0. The van der Waals surface area contributed by atoms with Gasteiger partial charge in [0.05, 0.1) is 16.0 Å². The van der Waals surface area contributed by atoms with Crippen molar-refractivity contribution in [1.82, 2.24) is 4.98 Å². The van der Waals surface area contributed by atoms with Crippen LogP contribution in [0.15, 0.2) is 84.9 Å². The lowest BCUT2D eigenvalue weighted by Crippen LogP contribution is -1.90. The Bertz CT molecular complexity index is 1440. The summed E-state index contributed by atoms with van der Waals surface area (Å²) >= 11 is 0. The van der Waals surface area contributed by atoms with Crippen molar-refractivity contribution in [2.24, 2.45) is 0 Å². The van der Waals surface area contributed by atoms with Crippen LogP contribution in [0.25, 0.3) is 44.7 Å². The van der Waals surface area contributed by atoms with E-state index in [2.05, 4.69) is 30.3 Å². The molecule has 0 fully saturated rings. The van der Waals surface area contributed by atoms with Crippen LogP contribution < -0.4 is 0 Å². The number of rotatable bonds is 3. The average molecular weight is 376 g/mol. The Morgan fingerprint density at radius 2 is 1.55 bits per heavy atom. The van der Waals surface area contributed by atoms with Crippen molar-refractivity contribution in [1.29, 1.82) is 0 Å². The van der Waals surface area contributed by atoms with E-state index in [1.165, 1.54) is 6.07 Å². The smallest absolute Gasteiger partial charge is 0.258 e. The third kappa shape index (κ3) is 3.01. The van der Waals surface area contributed by atoms with Crippen LogP contribution in [0.3, 0.4) is 0 Å². The molecule has 0 radical (unpaired) electrons. The minimum Gasteiger partial charge on any atom is -0.258 e. The van der Waals surface area contributed by atoms with Gasteiger partial charge in [0.25, 0.3) is 5.69 Å². The molecule has 4 nitrogen and oxygen atoms in total. The fourth-order valence-electron chi connectivity index (χ4n) is 3.79. The Morgan fingerprint density at radius 1 is 0.759 bits per heavy atom. The summed E-state index contributed by atoms with van der Waals surface area (Å²) in [7, 11) is 0. The zero-order chi connectivity index (χ0) is 19.8. The minimum atomic E-state index is -0.373. The van der Waals surface area contributed by atoms with Gasteiger partial charge in [0.15, 0.2) is 0 Å². The first-order valence-electron chi connectivity index (χ1n) is 9.33. The van der Waals surface area contributed by atoms with Crippen LogP contribution in [0.1, 0.15) is 11.1 Å². The molecule has 0 spiro atoms. The second-order valence-electron chi connectivity index (χ2n) is 6.91. The number of non-ortho nitro benzene ring substituents is 1. The highest BCUT2D eigenvalue weighted by molar-refractivity contribution is 6.15. The Hall–Kier alpha value is -4.05. The summed E-state index contributed by atoms with van der Waals surface area (Å²) in [5, 5.41) is 15.5. The van der Waals surface area contributed by atoms with Gasteiger partial charge in [-0.15, -0.1) is 0 Å². The van der Waals surface area contributed by atoms with E-state index in [0.717, 1.165) is 43.7 Å². The highest BCUT2D eigenvalue weighted by atomic mass is 16.6. The largest absolute Gasteiger partial charge is 0.270 e. The van der Waals surface area contributed by atoms with E-state index in [0.29, 0.717) is 0 Å². The molecule has 4 heteroatoms. The molecule has 5 aromatic rings. The molecule has 138 valence electrons. The van der Waals surface area contributed by atoms with E-state index in [-0.39, 0.29) is 10.6 Å². The summed E-state index contributed by atoms with van der Waals surface area (Å²) in [6, 6.07) is 27.1. The lowest BCUT2D eigenvalue weighted by atomic mass is 9.96. The molecule has 1 aromatic heterocycles. The second kappa shape index (κ2) is 6.84. The first-order valence-corrected chi connectivity index (χ1v) is 9.33. The van der Waals surface area contributed by atoms with E-state index in [1.54, 1.807) is 12.1 Å². The van der Waals surface area contributed by atoms with E-state index in [4.69, 9.17) is 4.98 Å². The molecule has 0 saturated carbocycles. The first kappa shape index (κ1) is 17.1. The van der Waals surface area contributed by atoms with Gasteiger partial charge < -0.3 is 0 Å². The number of nitro groups is 1. The maximum Gasteiger partial charge on any atom is 0.270 e. The summed E-state index contributed by atoms with van der Waals surface area (Å²) < 4.78 is 0. The number of para-hydroxylation sites is 1. The van der Waals surface area contributed by atoms with Crippen molar-refractivity contribution in [3.05, 3.63) is 106 Å². The van der Waals surface area contributed by atoms with Gasteiger partial charge in [0.2, 0.25) is 0 Å². The quantitative estimate of drug-likeness (QED) is 0.154. The van der Waals surface area contributed by atoms with E-state index in [1.807, 2.05) is 48.6 Å². The van der Waals surface area contributed by atoms with Crippen LogP contribution in [0, 0.1) is 10.1 Å². The average Bonchev–Trinajstić information content (AvgIpc) is 2.76. The molecule has 0 atom stereocenters. The molecule has 1 heterocycles. The molecule has 0 aliphatic rings. The SMILES string of the molecule is O=[N+]([O-])c1cccc(/C=C/c2c3ccccc3nc3ccc4ccccc4c23)c1. The van der Waals surface area contributed by atoms with Crippen LogP contribution in [0.2, 0.25) is 0 Å². The van der Waals surface area contributed by atoms with E-state index in [9.17, 15) is 10.1 Å². The normalized spacial score (nSPS) is 11.6. The van der Waals surface area contributed by atoms with Gasteiger partial charge >= 0.3 is 0 Å². The van der Waals surface area contributed by atoms with Crippen molar-refractivity contribution < 1.29 is 4.92 Å². The molecule has 5 rings (SSSR count). The Kier molecular flexibility index (Phi) is 4.03. The molecule has 0 amide bonds. The molecule has 29 heavy (non-hydrogen) atoms. The third-order valence-corrected chi connectivity index (χ3v) is 5.13. The number of hydrogen-bond donors (Lipinski definition) is 0. The standard InChI is InChI=1S/C25H16N2O2/c28-27(29)19-8-5-6-17(16-19)12-14-22-21-10-3-4-11-23(21)26-24-15-13-18-7-1-2-9-20(18)25(22)24/h1-16H/b14-12+. The highest BCUT2D eigenvalue weighted by Gasteiger charge is 2.10. The number of hydrogen-bond acceptors (Lipinski definition) is 3. The molecular formula is C25H16N2O2. The van der Waals surface area contributed by atoms with Crippen LogP contribution in [-0.4, -0.2) is 9.91 Å². The van der Waals surface area contributed by atoms with Crippen molar-refractivity contribution in [3.8, 4) is 0 Å². The first-order chi connectivity index (χ1) is 14.2. The molecule has 0 unspecified atom stereocenters. The maximum atomic E-state index is 11.1. The predicted octanol–water partition coefficient (Wildman–Crippen LogP) is 6.62. The summed E-state index contributed by atoms with van der Waals surface area (Å²) in [4.78, 5) is 15.6. The number of nitrogens with zero attached hydrogens (tertiary/aromatic N) is 2. The van der Waals surface area contributed by atoms with Gasteiger partial charge in [-0.1, -0.05) is 72.8 Å². The fourth-order valence-corrected chi connectivity index (χ4v) is 3.79. The van der Waals surface area contributed by atoms with Gasteiger partial charge in [-0.3, -0.25) is 10.1 Å².